The van der Waals surface area contributed by atoms with Crippen LogP contribution in [0.1, 0.15) is 51.5 Å². The Morgan fingerprint density at radius 3 is 2.38 bits per heavy atom. The Hall–Kier alpha value is -3.95. The maximum Gasteiger partial charge on any atom is 0.255 e. The van der Waals surface area contributed by atoms with E-state index in [1.165, 1.54) is 22.1 Å². The smallest absolute Gasteiger partial charge is 0.255 e. The number of carbonyl (C=O) groups excluding carboxylic acids is 3. The number of pyridine rings is 1. The van der Waals surface area contributed by atoms with Gasteiger partial charge in [-0.05, 0) is 47.4 Å². The Labute approximate surface area is 226 Å². The van der Waals surface area contributed by atoms with Crippen LogP contribution < -0.4 is 5.32 Å². The molecule has 1 N–H and O–H groups in total. The van der Waals surface area contributed by atoms with E-state index in [0.29, 0.717) is 17.7 Å². The second kappa shape index (κ2) is 10.7. The zero-order valence-electron chi connectivity index (χ0n) is 21.6. The van der Waals surface area contributed by atoms with Gasteiger partial charge in [-0.2, -0.15) is 0 Å². The lowest BCUT2D eigenvalue weighted by Crippen LogP contribution is -2.52. The normalized spacial score (nSPS) is 21.1. The predicted molar refractivity (Wildman–Crippen MR) is 142 cm³/mol. The van der Waals surface area contributed by atoms with Crippen molar-refractivity contribution in [3.05, 3.63) is 101 Å². The van der Waals surface area contributed by atoms with E-state index in [1.54, 1.807) is 6.07 Å². The average molecular weight is 528 g/mol. The first-order chi connectivity index (χ1) is 19.0. The Kier molecular flexibility index (Phi) is 6.93. The number of carbonyl (C=O) groups is 3. The zero-order chi connectivity index (χ0) is 26.9. The zero-order valence-corrected chi connectivity index (χ0v) is 21.6. The molecule has 1 aromatic heterocycles. The van der Waals surface area contributed by atoms with Crippen LogP contribution in [0.4, 0.5) is 4.39 Å². The van der Waals surface area contributed by atoms with Crippen molar-refractivity contribution in [2.75, 3.05) is 26.2 Å². The summed E-state index contributed by atoms with van der Waals surface area (Å²) in [7, 11) is 0. The summed E-state index contributed by atoms with van der Waals surface area (Å²) < 4.78 is 15.2. The fourth-order valence-electron chi connectivity index (χ4n) is 5.98. The largest absolute Gasteiger partial charge is 0.322 e. The first-order valence-electron chi connectivity index (χ1n) is 13.3. The van der Waals surface area contributed by atoms with E-state index in [9.17, 15) is 14.4 Å². The van der Waals surface area contributed by atoms with Gasteiger partial charge in [0.1, 0.15) is 11.9 Å². The van der Waals surface area contributed by atoms with Crippen molar-refractivity contribution < 1.29 is 18.8 Å². The average Bonchev–Trinajstić information content (AvgIpc) is 3.26. The summed E-state index contributed by atoms with van der Waals surface area (Å²) in [4.78, 5) is 47.2. The number of halogens is 1. The second-order valence-electron chi connectivity index (χ2n) is 10.4. The molecule has 39 heavy (non-hydrogen) atoms. The van der Waals surface area contributed by atoms with Crippen LogP contribution in [0.25, 0.3) is 0 Å². The molecule has 3 aromatic rings. The van der Waals surface area contributed by atoms with Gasteiger partial charge >= 0.3 is 0 Å². The lowest BCUT2D eigenvalue weighted by atomic mass is 9.97. The van der Waals surface area contributed by atoms with E-state index in [0.717, 1.165) is 31.7 Å². The Morgan fingerprint density at radius 2 is 1.67 bits per heavy atom. The van der Waals surface area contributed by atoms with Crippen molar-refractivity contribution in [3.8, 4) is 0 Å². The van der Waals surface area contributed by atoms with Gasteiger partial charge in [-0.25, -0.2) is 4.39 Å². The summed E-state index contributed by atoms with van der Waals surface area (Å²) in [6.07, 6.45) is 4.12. The summed E-state index contributed by atoms with van der Waals surface area (Å²) in [5.74, 6) is -1.56. The van der Waals surface area contributed by atoms with Crippen LogP contribution in [-0.2, 0) is 22.7 Å². The molecule has 0 saturated carbocycles. The Bertz CT molecular complexity index is 1350. The van der Waals surface area contributed by atoms with Crippen LogP contribution in [0.3, 0.4) is 0 Å². The number of nitrogens with zero attached hydrogens (tertiary/aromatic N) is 4. The topological polar surface area (TPSA) is 85.9 Å². The van der Waals surface area contributed by atoms with E-state index >= 15 is 4.39 Å². The highest BCUT2D eigenvalue weighted by Crippen LogP contribution is 2.32. The molecule has 0 bridgehead atoms. The fraction of sp³-hybridized carbons (Fsp3) is 0.333. The number of imide groups is 1. The maximum atomic E-state index is 15.2. The van der Waals surface area contributed by atoms with Gasteiger partial charge in [0.15, 0.2) is 0 Å². The molecule has 2 aromatic carbocycles. The molecule has 4 heterocycles. The molecule has 200 valence electrons. The van der Waals surface area contributed by atoms with Gasteiger partial charge in [0.05, 0.1) is 6.04 Å². The number of nitrogens with one attached hydrogen (secondary N) is 1. The van der Waals surface area contributed by atoms with E-state index in [2.05, 4.69) is 56.5 Å². The van der Waals surface area contributed by atoms with Crippen molar-refractivity contribution in [1.82, 2.24) is 25.0 Å². The van der Waals surface area contributed by atoms with Gasteiger partial charge in [-0.3, -0.25) is 34.5 Å². The molecule has 0 spiro atoms. The summed E-state index contributed by atoms with van der Waals surface area (Å²) in [5.41, 5.74) is 4.00. The van der Waals surface area contributed by atoms with E-state index in [-0.39, 0.29) is 37.2 Å². The van der Waals surface area contributed by atoms with Crippen LogP contribution in [0, 0.1) is 5.82 Å². The van der Waals surface area contributed by atoms with Crippen molar-refractivity contribution in [3.63, 3.8) is 0 Å². The highest BCUT2D eigenvalue weighted by Gasteiger charge is 2.39. The Morgan fingerprint density at radius 1 is 0.949 bits per heavy atom. The van der Waals surface area contributed by atoms with Crippen LogP contribution >= 0.6 is 0 Å². The fourth-order valence-corrected chi connectivity index (χ4v) is 5.98. The van der Waals surface area contributed by atoms with Crippen molar-refractivity contribution in [2.45, 2.75) is 38.0 Å². The van der Waals surface area contributed by atoms with Crippen LogP contribution in [0.15, 0.2) is 67.0 Å². The van der Waals surface area contributed by atoms with Gasteiger partial charge in [-0.15, -0.1) is 0 Å². The van der Waals surface area contributed by atoms with Crippen LogP contribution in [0.5, 0.6) is 0 Å². The lowest BCUT2D eigenvalue weighted by Gasteiger charge is -2.39. The number of piperidine rings is 1. The molecule has 2 atom stereocenters. The maximum absolute atomic E-state index is 15.2. The minimum absolute atomic E-state index is 0.123. The molecule has 3 aliphatic rings. The molecule has 2 unspecified atom stereocenters. The van der Waals surface area contributed by atoms with E-state index in [1.807, 2.05) is 18.5 Å². The van der Waals surface area contributed by atoms with E-state index in [4.69, 9.17) is 0 Å². The van der Waals surface area contributed by atoms with Crippen molar-refractivity contribution in [2.24, 2.45) is 0 Å². The monoisotopic (exact) mass is 527 g/mol. The quantitative estimate of drug-likeness (QED) is 0.497. The van der Waals surface area contributed by atoms with Crippen LogP contribution in [-0.4, -0.2) is 69.6 Å². The predicted octanol–water partition coefficient (Wildman–Crippen LogP) is 2.89. The van der Waals surface area contributed by atoms with Gasteiger partial charge in [0.25, 0.3) is 5.91 Å². The van der Waals surface area contributed by atoms with Crippen molar-refractivity contribution in [1.29, 1.82) is 0 Å². The number of fused-ring (bicyclic) bond motifs is 1. The Balaban J connectivity index is 1.14. The number of aromatic nitrogens is 1. The van der Waals surface area contributed by atoms with Gasteiger partial charge in [0.2, 0.25) is 11.8 Å². The molecule has 6 rings (SSSR count). The number of benzene rings is 2. The van der Waals surface area contributed by atoms with E-state index < -0.39 is 17.8 Å². The van der Waals surface area contributed by atoms with Crippen molar-refractivity contribution >= 4 is 17.7 Å². The highest BCUT2D eigenvalue weighted by molar-refractivity contribution is 6.05. The molecule has 0 aliphatic carbocycles. The molecular formula is C30H30FN5O3. The summed E-state index contributed by atoms with van der Waals surface area (Å²) in [6.45, 7) is 3.92. The molecule has 3 amide bonds. The molecule has 3 aliphatic heterocycles. The minimum Gasteiger partial charge on any atom is -0.322 e. The second-order valence-corrected chi connectivity index (χ2v) is 10.4. The minimum atomic E-state index is -0.708. The number of hydrogen-bond donors (Lipinski definition) is 1. The number of amides is 3. The molecule has 2 saturated heterocycles. The first kappa shape index (κ1) is 25.3. The third-order valence-electron chi connectivity index (χ3n) is 7.99. The number of rotatable bonds is 6. The lowest BCUT2D eigenvalue weighted by molar-refractivity contribution is -0.136. The molecular weight excluding hydrogens is 497 g/mol. The molecule has 0 radical (unpaired) electrons. The third kappa shape index (κ3) is 5.07. The molecule has 8 nitrogen and oxygen atoms in total. The van der Waals surface area contributed by atoms with Crippen LogP contribution in [0.2, 0.25) is 0 Å². The van der Waals surface area contributed by atoms with Gasteiger partial charge < -0.3 is 4.90 Å². The van der Waals surface area contributed by atoms with Gasteiger partial charge in [-0.1, -0.05) is 30.3 Å². The first-order valence-corrected chi connectivity index (χ1v) is 13.3. The highest BCUT2D eigenvalue weighted by atomic mass is 19.1. The number of piperazine rings is 1. The SMILES string of the molecule is O=C1CCC(N2Cc3cc(CN4CCN(C(c5ccccc5)c5ccncc5)CC4)c(F)cc3C2=O)C(=O)N1. The summed E-state index contributed by atoms with van der Waals surface area (Å²) in [6, 6.07) is 17.0. The summed E-state index contributed by atoms with van der Waals surface area (Å²) in [5, 5.41) is 2.30. The summed E-state index contributed by atoms with van der Waals surface area (Å²) >= 11 is 0. The number of hydrogen-bond acceptors (Lipinski definition) is 6. The molecule has 2 fully saturated rings. The molecule has 9 heteroatoms. The third-order valence-corrected chi connectivity index (χ3v) is 7.99. The standard InChI is InChI=1S/C30H30FN5O3/c31-25-17-24-22(19-36(30(24)39)26-6-7-27(37)33-29(26)38)16-23(25)18-34-12-14-35(15-13-34)28(20-4-2-1-3-5-20)21-8-10-32-11-9-21/h1-5,8-11,16-17,26,28H,6-7,12-15,18-19H2,(H,33,37,38). The van der Waals surface area contributed by atoms with Gasteiger partial charge in [0, 0.05) is 69.2 Å².